The van der Waals surface area contributed by atoms with Crippen molar-refractivity contribution in [1.82, 2.24) is 5.32 Å². The maximum absolute atomic E-state index is 12.3. The Hall–Kier alpha value is -1.56. The Morgan fingerprint density at radius 3 is 2.67 bits per heavy atom. The molecule has 21 heavy (non-hydrogen) atoms. The molecule has 1 amide bonds. The molecule has 0 aliphatic heterocycles. The first-order valence-electron chi connectivity index (χ1n) is 6.72. The molecule has 0 saturated heterocycles. The number of methoxy groups -OCH3 is 1. The van der Waals surface area contributed by atoms with Gasteiger partial charge in [-0.3, -0.25) is 4.79 Å². The number of carbonyl (C=O) groups is 1. The molecule has 2 aromatic carbocycles. The van der Waals surface area contributed by atoms with Crippen LogP contribution in [0.5, 0.6) is 5.75 Å². The third-order valence-corrected chi connectivity index (χ3v) is 3.96. The molecule has 0 fully saturated rings. The number of ether oxygens (including phenoxy) is 1. The van der Waals surface area contributed by atoms with Crippen molar-refractivity contribution in [2.75, 3.05) is 7.11 Å². The molecule has 0 spiro atoms. The van der Waals surface area contributed by atoms with Crippen LogP contribution in [0, 0.1) is 10.5 Å². The number of amides is 1. The van der Waals surface area contributed by atoms with Crippen LogP contribution in [0.15, 0.2) is 42.5 Å². The van der Waals surface area contributed by atoms with Crippen LogP contribution in [0.25, 0.3) is 0 Å². The van der Waals surface area contributed by atoms with E-state index in [4.69, 9.17) is 4.74 Å². The summed E-state index contributed by atoms with van der Waals surface area (Å²) in [5.74, 6) is 0.709. The van der Waals surface area contributed by atoms with Crippen LogP contribution in [0.2, 0.25) is 0 Å². The van der Waals surface area contributed by atoms with Crippen molar-refractivity contribution in [1.29, 1.82) is 0 Å². The Morgan fingerprint density at radius 1 is 1.24 bits per heavy atom. The molecule has 0 saturated carbocycles. The second-order valence-corrected chi connectivity index (χ2v) is 6.20. The topological polar surface area (TPSA) is 38.3 Å². The third kappa shape index (κ3) is 3.97. The van der Waals surface area contributed by atoms with E-state index in [-0.39, 0.29) is 11.9 Å². The molecule has 3 nitrogen and oxygen atoms in total. The van der Waals surface area contributed by atoms with Gasteiger partial charge in [0.05, 0.1) is 13.2 Å². The normalized spacial score (nSPS) is 11.8. The third-order valence-electron chi connectivity index (χ3n) is 3.29. The van der Waals surface area contributed by atoms with Crippen molar-refractivity contribution in [3.63, 3.8) is 0 Å². The van der Waals surface area contributed by atoms with Crippen molar-refractivity contribution < 1.29 is 9.53 Å². The van der Waals surface area contributed by atoms with E-state index in [1.54, 1.807) is 7.11 Å². The molecule has 4 heteroatoms. The Balaban J connectivity index is 2.20. The van der Waals surface area contributed by atoms with Crippen LogP contribution in [0.4, 0.5) is 0 Å². The van der Waals surface area contributed by atoms with Gasteiger partial charge in [-0.1, -0.05) is 23.8 Å². The van der Waals surface area contributed by atoms with Gasteiger partial charge in [-0.15, -0.1) is 0 Å². The number of aryl methyl sites for hydroxylation is 1. The van der Waals surface area contributed by atoms with Gasteiger partial charge in [-0.25, -0.2) is 0 Å². The van der Waals surface area contributed by atoms with E-state index in [2.05, 4.69) is 27.9 Å². The lowest BCUT2D eigenvalue weighted by Crippen LogP contribution is -2.27. The van der Waals surface area contributed by atoms with Crippen molar-refractivity contribution >= 4 is 28.5 Å². The van der Waals surface area contributed by atoms with Gasteiger partial charge < -0.3 is 10.1 Å². The Kier molecular flexibility index (Phi) is 5.22. The SMILES string of the molecule is COc1ccc(C)cc1[C@@H](C)NC(=O)c1cccc(I)c1. The van der Waals surface area contributed by atoms with Gasteiger partial charge >= 0.3 is 0 Å². The zero-order valence-electron chi connectivity index (χ0n) is 12.3. The smallest absolute Gasteiger partial charge is 0.251 e. The van der Waals surface area contributed by atoms with Gasteiger partial charge in [0.15, 0.2) is 0 Å². The number of halogens is 1. The molecule has 0 aliphatic rings. The molecule has 1 atom stereocenters. The van der Waals surface area contributed by atoms with E-state index < -0.39 is 0 Å². The van der Waals surface area contributed by atoms with Gasteiger partial charge in [0.2, 0.25) is 0 Å². The number of carbonyl (C=O) groups excluding carboxylic acids is 1. The summed E-state index contributed by atoms with van der Waals surface area (Å²) in [6, 6.07) is 13.4. The maximum atomic E-state index is 12.3. The first kappa shape index (κ1) is 15.8. The van der Waals surface area contributed by atoms with Gasteiger partial charge in [-0.05, 0) is 60.7 Å². The highest BCUT2D eigenvalue weighted by atomic mass is 127. The molecule has 0 heterocycles. The second kappa shape index (κ2) is 6.93. The average Bonchev–Trinajstić information content (AvgIpc) is 2.47. The first-order valence-corrected chi connectivity index (χ1v) is 7.80. The standard InChI is InChI=1S/C17H18INO2/c1-11-7-8-16(21-3)15(9-11)12(2)19-17(20)13-5-4-6-14(18)10-13/h4-10,12H,1-3H3,(H,19,20)/t12-/m1/s1. The molecular weight excluding hydrogens is 377 g/mol. The van der Waals surface area contributed by atoms with Crippen molar-refractivity contribution in [3.05, 3.63) is 62.7 Å². The van der Waals surface area contributed by atoms with E-state index in [1.807, 2.05) is 56.3 Å². The quantitative estimate of drug-likeness (QED) is 0.792. The number of hydrogen-bond acceptors (Lipinski definition) is 2. The highest BCUT2D eigenvalue weighted by Gasteiger charge is 2.15. The molecular formula is C17H18INO2. The second-order valence-electron chi connectivity index (χ2n) is 4.95. The summed E-state index contributed by atoms with van der Waals surface area (Å²) in [6.07, 6.45) is 0. The van der Waals surface area contributed by atoms with Crippen LogP contribution >= 0.6 is 22.6 Å². The minimum absolute atomic E-state index is 0.0791. The fourth-order valence-corrected chi connectivity index (χ4v) is 2.72. The van der Waals surface area contributed by atoms with E-state index in [9.17, 15) is 4.79 Å². The van der Waals surface area contributed by atoms with Gasteiger partial charge in [0, 0.05) is 14.7 Å². The summed E-state index contributed by atoms with van der Waals surface area (Å²) in [4.78, 5) is 12.3. The molecule has 0 radical (unpaired) electrons. The fourth-order valence-electron chi connectivity index (χ4n) is 2.18. The number of hydrogen-bond donors (Lipinski definition) is 1. The highest BCUT2D eigenvalue weighted by Crippen LogP contribution is 2.26. The summed E-state index contributed by atoms with van der Waals surface area (Å²) in [5.41, 5.74) is 2.79. The van der Waals surface area contributed by atoms with E-state index >= 15 is 0 Å². The Morgan fingerprint density at radius 2 is 2.00 bits per heavy atom. The van der Waals surface area contributed by atoms with Gasteiger partial charge in [0.1, 0.15) is 5.75 Å². The van der Waals surface area contributed by atoms with Crippen molar-refractivity contribution in [2.24, 2.45) is 0 Å². The summed E-state index contributed by atoms with van der Waals surface area (Å²) >= 11 is 2.20. The summed E-state index contributed by atoms with van der Waals surface area (Å²) in [6.45, 7) is 3.99. The van der Waals surface area contributed by atoms with Crippen LogP contribution in [-0.4, -0.2) is 13.0 Å². The summed E-state index contributed by atoms with van der Waals surface area (Å²) in [7, 11) is 1.64. The Bertz CT molecular complexity index is 655. The minimum Gasteiger partial charge on any atom is -0.496 e. The van der Waals surface area contributed by atoms with E-state index in [0.29, 0.717) is 5.56 Å². The average molecular weight is 395 g/mol. The lowest BCUT2D eigenvalue weighted by molar-refractivity contribution is 0.0939. The van der Waals surface area contributed by atoms with Crippen LogP contribution in [0.1, 0.15) is 34.5 Å². The zero-order chi connectivity index (χ0) is 15.4. The molecule has 0 aliphatic carbocycles. The lowest BCUT2D eigenvalue weighted by Gasteiger charge is -2.18. The van der Waals surface area contributed by atoms with Crippen molar-refractivity contribution in [2.45, 2.75) is 19.9 Å². The molecule has 2 rings (SSSR count). The first-order chi connectivity index (χ1) is 10.0. The lowest BCUT2D eigenvalue weighted by atomic mass is 10.0. The maximum Gasteiger partial charge on any atom is 0.251 e. The van der Waals surface area contributed by atoms with E-state index in [1.165, 1.54) is 0 Å². The number of benzene rings is 2. The predicted octanol–water partition coefficient (Wildman–Crippen LogP) is 4.10. The highest BCUT2D eigenvalue weighted by molar-refractivity contribution is 14.1. The van der Waals surface area contributed by atoms with Gasteiger partial charge in [0.25, 0.3) is 5.91 Å². The molecule has 0 aromatic heterocycles. The molecule has 110 valence electrons. The summed E-state index contributed by atoms with van der Waals surface area (Å²) < 4.78 is 6.42. The molecule has 1 N–H and O–H groups in total. The number of rotatable bonds is 4. The van der Waals surface area contributed by atoms with Gasteiger partial charge in [-0.2, -0.15) is 0 Å². The zero-order valence-corrected chi connectivity index (χ0v) is 14.5. The van der Waals surface area contributed by atoms with Crippen LogP contribution in [-0.2, 0) is 0 Å². The van der Waals surface area contributed by atoms with Crippen LogP contribution < -0.4 is 10.1 Å². The fraction of sp³-hybridized carbons (Fsp3) is 0.235. The van der Waals surface area contributed by atoms with Crippen molar-refractivity contribution in [3.8, 4) is 5.75 Å². The molecule has 0 bridgehead atoms. The van der Waals surface area contributed by atoms with E-state index in [0.717, 1.165) is 20.4 Å². The molecule has 0 unspecified atom stereocenters. The Labute approximate surface area is 138 Å². The van der Waals surface area contributed by atoms with Crippen LogP contribution in [0.3, 0.4) is 0 Å². The number of nitrogens with one attached hydrogen (secondary N) is 1. The molecule has 2 aromatic rings. The predicted molar refractivity (Wildman–Crippen MR) is 92.8 cm³/mol. The minimum atomic E-state index is -0.120. The largest absolute Gasteiger partial charge is 0.496 e. The monoisotopic (exact) mass is 395 g/mol. The summed E-state index contributed by atoms with van der Waals surface area (Å²) in [5, 5.41) is 3.02.